The van der Waals surface area contributed by atoms with Crippen molar-refractivity contribution in [3.8, 4) is 0 Å². The van der Waals surface area contributed by atoms with Crippen molar-refractivity contribution in [2.24, 2.45) is 0 Å². The average Bonchev–Trinajstić information content (AvgIpc) is 2.12. The minimum Gasteiger partial charge on any atom is -0.444 e. The zero-order valence-corrected chi connectivity index (χ0v) is 11.4. The largest absolute Gasteiger partial charge is 0.444 e. The Hall–Kier alpha value is -0.710. The highest BCUT2D eigenvalue weighted by molar-refractivity contribution is 8.14. The molecule has 0 aromatic rings. The number of alkyl carbamates (subject to hydrolysis) is 1. The van der Waals surface area contributed by atoms with Crippen LogP contribution in [0.4, 0.5) is 4.79 Å². The van der Waals surface area contributed by atoms with Gasteiger partial charge in [0.15, 0.2) is 0 Å². The first-order chi connectivity index (χ1) is 7.24. The van der Waals surface area contributed by atoms with Crippen molar-refractivity contribution in [1.82, 2.24) is 5.32 Å². The monoisotopic (exact) mass is 247 g/mol. The Balaban J connectivity index is 3.80. The lowest BCUT2D eigenvalue weighted by molar-refractivity contribution is -0.110. The molecule has 0 aliphatic rings. The zero-order chi connectivity index (χ0) is 12.8. The van der Waals surface area contributed by atoms with Gasteiger partial charge in [-0.25, -0.2) is 4.79 Å². The number of hydrogen-bond donors (Lipinski definition) is 1. The van der Waals surface area contributed by atoms with Crippen LogP contribution in [0.2, 0.25) is 0 Å². The molecule has 16 heavy (non-hydrogen) atoms. The first-order valence-corrected chi connectivity index (χ1v) is 6.29. The Morgan fingerprint density at radius 2 is 1.94 bits per heavy atom. The van der Waals surface area contributed by atoms with Crippen LogP contribution in [0.15, 0.2) is 0 Å². The van der Waals surface area contributed by atoms with E-state index in [-0.39, 0.29) is 16.9 Å². The highest BCUT2D eigenvalue weighted by atomic mass is 32.2. The van der Waals surface area contributed by atoms with E-state index in [1.54, 1.807) is 20.8 Å². The van der Waals surface area contributed by atoms with Crippen LogP contribution in [0.5, 0.6) is 0 Å². The minimum atomic E-state index is -0.550. The number of ether oxygens (including phenoxy) is 1. The molecule has 0 bridgehead atoms. The van der Waals surface area contributed by atoms with Gasteiger partial charge in [0.25, 0.3) is 0 Å². The lowest BCUT2D eigenvalue weighted by Crippen LogP contribution is -2.35. The van der Waals surface area contributed by atoms with Crippen molar-refractivity contribution >= 4 is 23.0 Å². The molecule has 0 fully saturated rings. The maximum absolute atomic E-state index is 11.4. The lowest BCUT2D eigenvalue weighted by atomic mass is 10.2. The van der Waals surface area contributed by atoms with Gasteiger partial charge in [-0.3, -0.25) is 4.79 Å². The Morgan fingerprint density at radius 3 is 2.38 bits per heavy atom. The maximum atomic E-state index is 11.4. The first-order valence-electron chi connectivity index (χ1n) is 5.41. The molecule has 0 heterocycles. The van der Waals surface area contributed by atoms with Gasteiger partial charge in [0.05, 0.1) is 6.54 Å². The van der Waals surface area contributed by atoms with Crippen molar-refractivity contribution in [3.63, 3.8) is 0 Å². The Morgan fingerprint density at radius 1 is 1.38 bits per heavy atom. The van der Waals surface area contributed by atoms with Crippen LogP contribution in [0.1, 0.15) is 41.0 Å². The summed E-state index contributed by atoms with van der Waals surface area (Å²) in [4.78, 5) is 22.6. The van der Waals surface area contributed by atoms with E-state index >= 15 is 0 Å². The summed E-state index contributed by atoms with van der Waals surface area (Å²) in [6.45, 7) is 9.36. The molecular weight excluding hydrogens is 226 g/mol. The van der Waals surface area contributed by atoms with Crippen LogP contribution in [0.3, 0.4) is 0 Å². The molecule has 0 spiro atoms. The fraction of sp³-hybridized carbons (Fsp3) is 0.818. The van der Waals surface area contributed by atoms with Crippen molar-refractivity contribution in [2.45, 2.75) is 51.9 Å². The molecule has 0 aromatic carbocycles. The van der Waals surface area contributed by atoms with E-state index in [1.807, 2.05) is 13.8 Å². The maximum Gasteiger partial charge on any atom is 0.408 e. The fourth-order valence-corrected chi connectivity index (χ4v) is 1.58. The summed E-state index contributed by atoms with van der Waals surface area (Å²) in [5.41, 5.74) is -0.531. The molecule has 1 N–H and O–H groups in total. The van der Waals surface area contributed by atoms with Crippen LogP contribution in [-0.4, -0.2) is 28.6 Å². The fourth-order valence-electron chi connectivity index (χ4n) is 0.808. The molecule has 0 aromatic heterocycles. The van der Waals surface area contributed by atoms with E-state index in [0.717, 1.165) is 6.42 Å². The van der Waals surface area contributed by atoms with Crippen LogP contribution >= 0.6 is 11.8 Å². The molecule has 1 amide bonds. The Bertz CT molecular complexity index is 248. The predicted octanol–water partition coefficient (Wildman–Crippen LogP) is 2.57. The molecule has 0 saturated carbocycles. The highest BCUT2D eigenvalue weighted by Gasteiger charge is 2.17. The van der Waals surface area contributed by atoms with Crippen LogP contribution in [-0.2, 0) is 9.53 Å². The first kappa shape index (κ1) is 15.3. The van der Waals surface area contributed by atoms with Gasteiger partial charge in [-0.15, -0.1) is 0 Å². The molecule has 1 unspecified atom stereocenters. The van der Waals surface area contributed by atoms with Crippen molar-refractivity contribution in [1.29, 1.82) is 0 Å². The number of amides is 1. The topological polar surface area (TPSA) is 55.4 Å². The standard InChI is InChI=1S/C11H21NO3S/c1-6-8(2)16-9(13)7-12-10(14)15-11(3,4)5/h8H,6-7H2,1-5H3,(H,12,14). The van der Waals surface area contributed by atoms with Crippen LogP contribution in [0, 0.1) is 0 Å². The third-order valence-electron chi connectivity index (χ3n) is 1.68. The van der Waals surface area contributed by atoms with Gasteiger partial charge < -0.3 is 10.1 Å². The van der Waals surface area contributed by atoms with Crippen LogP contribution < -0.4 is 5.32 Å². The van der Waals surface area contributed by atoms with Crippen molar-refractivity contribution in [3.05, 3.63) is 0 Å². The summed E-state index contributed by atoms with van der Waals surface area (Å²) >= 11 is 1.25. The van der Waals surface area contributed by atoms with Crippen molar-refractivity contribution < 1.29 is 14.3 Å². The van der Waals surface area contributed by atoms with E-state index in [9.17, 15) is 9.59 Å². The van der Waals surface area contributed by atoms with Gasteiger partial charge in [-0.05, 0) is 27.2 Å². The summed E-state index contributed by atoms with van der Waals surface area (Å²) in [5, 5.41) is 2.68. The van der Waals surface area contributed by atoms with Gasteiger partial charge >= 0.3 is 6.09 Å². The smallest absolute Gasteiger partial charge is 0.408 e. The average molecular weight is 247 g/mol. The summed E-state index contributed by atoms with van der Waals surface area (Å²) < 4.78 is 5.01. The molecule has 0 rings (SSSR count). The quantitative estimate of drug-likeness (QED) is 0.829. The molecule has 0 aliphatic carbocycles. The summed E-state index contributed by atoms with van der Waals surface area (Å²) in [5.74, 6) is 0. The van der Waals surface area contributed by atoms with Gasteiger partial charge in [0.1, 0.15) is 5.60 Å². The molecule has 0 saturated heterocycles. The molecule has 1 atom stereocenters. The van der Waals surface area contributed by atoms with E-state index in [4.69, 9.17) is 4.74 Å². The molecule has 4 nitrogen and oxygen atoms in total. The van der Waals surface area contributed by atoms with Gasteiger partial charge in [0.2, 0.25) is 5.12 Å². The number of thioether (sulfide) groups is 1. The number of hydrogen-bond acceptors (Lipinski definition) is 4. The molecule has 94 valence electrons. The number of carbonyl (C=O) groups is 2. The van der Waals surface area contributed by atoms with E-state index in [0.29, 0.717) is 0 Å². The second-order valence-corrected chi connectivity index (χ2v) is 6.06. The minimum absolute atomic E-state index is 0.0178. The summed E-state index contributed by atoms with van der Waals surface area (Å²) in [7, 11) is 0. The van der Waals surface area contributed by atoms with E-state index in [1.165, 1.54) is 11.8 Å². The second-order valence-electron chi connectivity index (χ2n) is 4.56. The summed E-state index contributed by atoms with van der Waals surface area (Å²) in [6.07, 6.45) is 0.383. The third-order valence-corrected chi connectivity index (χ3v) is 2.83. The molecule has 0 aliphatic heterocycles. The molecule has 5 heteroatoms. The van der Waals surface area contributed by atoms with Gasteiger partial charge in [-0.1, -0.05) is 25.6 Å². The molecule has 0 radical (unpaired) electrons. The zero-order valence-electron chi connectivity index (χ0n) is 10.6. The van der Waals surface area contributed by atoms with Crippen LogP contribution in [0.25, 0.3) is 0 Å². The highest BCUT2D eigenvalue weighted by Crippen LogP contribution is 2.13. The summed E-state index contributed by atoms with van der Waals surface area (Å²) in [6, 6.07) is 0. The van der Waals surface area contributed by atoms with Gasteiger partial charge in [-0.2, -0.15) is 0 Å². The van der Waals surface area contributed by atoms with E-state index < -0.39 is 11.7 Å². The van der Waals surface area contributed by atoms with Crippen molar-refractivity contribution in [2.75, 3.05) is 6.54 Å². The number of rotatable bonds is 4. The number of nitrogens with one attached hydrogen (secondary N) is 1. The normalized spacial score (nSPS) is 13.1. The lowest BCUT2D eigenvalue weighted by Gasteiger charge is -2.19. The number of carbonyl (C=O) groups excluding carboxylic acids is 2. The Labute approximate surface area is 101 Å². The SMILES string of the molecule is CCC(C)SC(=O)CNC(=O)OC(C)(C)C. The third kappa shape index (κ3) is 8.59. The predicted molar refractivity (Wildman–Crippen MR) is 66.6 cm³/mol. The van der Waals surface area contributed by atoms with Gasteiger partial charge in [0, 0.05) is 5.25 Å². The second kappa shape index (κ2) is 6.78. The van der Waals surface area contributed by atoms with E-state index in [2.05, 4.69) is 5.32 Å². The molecular formula is C11H21NO3S. The Kier molecular flexibility index (Phi) is 6.48.